The number of benzene rings is 1. The molecule has 2 aromatic heterocycles. The highest BCUT2D eigenvalue weighted by Crippen LogP contribution is 2.25. The first-order chi connectivity index (χ1) is 17.0. The van der Waals surface area contributed by atoms with Crippen molar-refractivity contribution >= 4 is 16.9 Å². The highest BCUT2D eigenvalue weighted by molar-refractivity contribution is 5.76. The van der Waals surface area contributed by atoms with E-state index < -0.39 is 0 Å². The summed E-state index contributed by atoms with van der Waals surface area (Å²) < 4.78 is 2.29. The van der Waals surface area contributed by atoms with E-state index >= 15 is 0 Å². The van der Waals surface area contributed by atoms with Crippen LogP contribution in [0.2, 0.25) is 0 Å². The van der Waals surface area contributed by atoms with E-state index in [0.717, 1.165) is 54.2 Å². The minimum atomic E-state index is 0.777. The van der Waals surface area contributed by atoms with Crippen molar-refractivity contribution in [2.45, 2.75) is 65.5 Å². The van der Waals surface area contributed by atoms with Gasteiger partial charge in [0.15, 0.2) is 5.65 Å². The van der Waals surface area contributed by atoms with Gasteiger partial charge in [0, 0.05) is 30.4 Å². The summed E-state index contributed by atoms with van der Waals surface area (Å²) in [5.41, 5.74) is 6.81. The van der Waals surface area contributed by atoms with Gasteiger partial charge in [0.2, 0.25) is 0 Å². The van der Waals surface area contributed by atoms with Crippen LogP contribution < -0.4 is 5.32 Å². The van der Waals surface area contributed by atoms with E-state index in [4.69, 9.17) is 9.97 Å². The molecule has 3 aromatic rings. The molecule has 0 amide bonds. The van der Waals surface area contributed by atoms with Gasteiger partial charge in [-0.05, 0) is 108 Å². The number of rotatable bonds is 7. The van der Waals surface area contributed by atoms with Crippen LogP contribution in [0.5, 0.6) is 0 Å². The number of pyridine rings is 1. The van der Waals surface area contributed by atoms with Gasteiger partial charge >= 0.3 is 0 Å². The number of nitrogens with one attached hydrogen (secondary N) is 1. The first-order valence-corrected chi connectivity index (χ1v) is 13.6. The second-order valence-corrected chi connectivity index (χ2v) is 10.8. The van der Waals surface area contributed by atoms with Gasteiger partial charge < -0.3 is 19.7 Å². The maximum atomic E-state index is 4.89. The van der Waals surface area contributed by atoms with E-state index in [1.54, 1.807) is 0 Å². The van der Waals surface area contributed by atoms with Crippen molar-refractivity contribution in [1.29, 1.82) is 0 Å². The highest BCUT2D eigenvalue weighted by Gasteiger charge is 2.27. The van der Waals surface area contributed by atoms with Crippen LogP contribution in [0.4, 0.5) is 5.69 Å². The first kappa shape index (κ1) is 24.3. The Morgan fingerprint density at radius 3 is 2.34 bits per heavy atom. The fourth-order valence-corrected chi connectivity index (χ4v) is 5.94. The zero-order chi connectivity index (χ0) is 24.4. The third-order valence-electron chi connectivity index (χ3n) is 8.16. The second kappa shape index (κ2) is 10.7. The molecule has 0 unspecified atom stereocenters. The number of likely N-dealkylation sites (tertiary alicyclic amines) is 2. The summed E-state index contributed by atoms with van der Waals surface area (Å²) in [4.78, 5) is 14.9. The van der Waals surface area contributed by atoms with Gasteiger partial charge in [-0.2, -0.15) is 0 Å². The maximum Gasteiger partial charge on any atom is 0.160 e. The van der Waals surface area contributed by atoms with Crippen LogP contribution in [0.1, 0.15) is 55.3 Å². The van der Waals surface area contributed by atoms with Gasteiger partial charge in [-0.1, -0.05) is 19.1 Å². The Bertz CT molecular complexity index is 1120. The summed E-state index contributed by atoms with van der Waals surface area (Å²) in [5, 5.41) is 3.71. The lowest BCUT2D eigenvalue weighted by Crippen LogP contribution is -2.47. The van der Waals surface area contributed by atoms with Crippen molar-refractivity contribution in [1.82, 2.24) is 24.3 Å². The minimum Gasteiger partial charge on any atom is -0.385 e. The normalized spacial score (nSPS) is 19.0. The molecule has 2 aliphatic heterocycles. The molecule has 0 radical (unpaired) electrons. The Kier molecular flexibility index (Phi) is 7.40. The molecule has 1 N–H and O–H groups in total. The van der Waals surface area contributed by atoms with Crippen molar-refractivity contribution in [3.05, 3.63) is 53.0 Å². The van der Waals surface area contributed by atoms with Gasteiger partial charge in [0.25, 0.3) is 0 Å². The molecule has 0 bridgehead atoms. The highest BCUT2D eigenvalue weighted by atomic mass is 15.2. The van der Waals surface area contributed by atoms with Crippen molar-refractivity contribution in [2.24, 2.45) is 5.92 Å². The fraction of sp³-hybridized carbons (Fsp3) is 0.586. The third kappa shape index (κ3) is 5.54. The molecule has 6 nitrogen and oxygen atoms in total. The number of aryl methyl sites for hydroxylation is 3. The largest absolute Gasteiger partial charge is 0.385 e. The smallest absolute Gasteiger partial charge is 0.160 e. The summed E-state index contributed by atoms with van der Waals surface area (Å²) in [6, 6.07) is 11.9. The number of hydrogen-bond donors (Lipinski definition) is 1. The van der Waals surface area contributed by atoms with Crippen LogP contribution in [0.15, 0.2) is 30.3 Å². The Labute approximate surface area is 210 Å². The van der Waals surface area contributed by atoms with Crippen molar-refractivity contribution in [3.63, 3.8) is 0 Å². The number of imidazole rings is 1. The number of fused-ring (bicyclic) bond motifs is 1. The molecule has 2 fully saturated rings. The molecule has 2 aliphatic rings. The summed E-state index contributed by atoms with van der Waals surface area (Å²) in [6.45, 7) is 13.3. The zero-order valence-electron chi connectivity index (χ0n) is 22.1. The van der Waals surface area contributed by atoms with E-state index in [1.165, 1.54) is 68.7 Å². The van der Waals surface area contributed by atoms with Gasteiger partial charge in [-0.15, -0.1) is 0 Å². The minimum absolute atomic E-state index is 0.777. The molecule has 5 rings (SSSR count). The average molecular weight is 475 g/mol. The summed E-state index contributed by atoms with van der Waals surface area (Å²) in [7, 11) is 2.25. The SMILES string of the molecule is CCc1nc2c(C)cc(C)nc2n1Cc1ccc(NCC2CCN(C3CCN(C)CC3)CC2)cc1. The molecule has 2 saturated heterocycles. The predicted molar refractivity (Wildman–Crippen MR) is 145 cm³/mol. The topological polar surface area (TPSA) is 49.2 Å². The third-order valence-corrected chi connectivity index (χ3v) is 8.16. The van der Waals surface area contributed by atoms with Crippen molar-refractivity contribution < 1.29 is 0 Å². The van der Waals surface area contributed by atoms with Crippen LogP contribution in [-0.2, 0) is 13.0 Å². The van der Waals surface area contributed by atoms with Gasteiger partial charge in [0.1, 0.15) is 11.3 Å². The van der Waals surface area contributed by atoms with Crippen LogP contribution in [0, 0.1) is 19.8 Å². The molecule has 35 heavy (non-hydrogen) atoms. The van der Waals surface area contributed by atoms with Crippen LogP contribution in [0.25, 0.3) is 11.2 Å². The van der Waals surface area contributed by atoms with E-state index in [-0.39, 0.29) is 0 Å². The van der Waals surface area contributed by atoms with E-state index in [1.807, 2.05) is 0 Å². The average Bonchev–Trinajstić information content (AvgIpc) is 3.22. The molecular weight excluding hydrogens is 432 g/mol. The standard InChI is InChI=1S/C29H42N6/c1-5-27-32-28-21(2)18-22(3)31-29(28)35(27)20-24-6-8-25(9-7-24)30-19-23-10-16-34(17-11-23)26-12-14-33(4)15-13-26/h6-9,18,23,26,30H,5,10-17,19-20H2,1-4H3. The predicted octanol–water partition coefficient (Wildman–Crippen LogP) is 4.88. The Hall–Kier alpha value is -2.44. The number of piperidine rings is 2. The summed E-state index contributed by atoms with van der Waals surface area (Å²) in [5.74, 6) is 1.88. The molecule has 188 valence electrons. The number of hydrogen-bond acceptors (Lipinski definition) is 5. The monoisotopic (exact) mass is 474 g/mol. The van der Waals surface area contributed by atoms with E-state index in [2.05, 4.69) is 77.8 Å². The molecule has 6 heteroatoms. The molecule has 1 aromatic carbocycles. The van der Waals surface area contributed by atoms with Crippen molar-refractivity contribution in [2.75, 3.05) is 45.1 Å². The van der Waals surface area contributed by atoms with Crippen molar-refractivity contribution in [3.8, 4) is 0 Å². The van der Waals surface area contributed by atoms with Gasteiger partial charge in [-0.25, -0.2) is 9.97 Å². The van der Waals surface area contributed by atoms with E-state index in [9.17, 15) is 0 Å². The molecule has 4 heterocycles. The van der Waals surface area contributed by atoms with Crippen LogP contribution >= 0.6 is 0 Å². The lowest BCUT2D eigenvalue weighted by atomic mass is 9.93. The summed E-state index contributed by atoms with van der Waals surface area (Å²) in [6.07, 6.45) is 6.23. The van der Waals surface area contributed by atoms with Gasteiger partial charge in [-0.3, -0.25) is 0 Å². The lowest BCUT2D eigenvalue weighted by Gasteiger charge is -2.41. The van der Waals surface area contributed by atoms with Crippen LogP contribution in [0.3, 0.4) is 0 Å². The van der Waals surface area contributed by atoms with E-state index in [0.29, 0.717) is 0 Å². The van der Waals surface area contributed by atoms with Gasteiger partial charge in [0.05, 0.1) is 6.54 Å². The zero-order valence-corrected chi connectivity index (χ0v) is 22.1. The quantitative estimate of drug-likeness (QED) is 0.529. The summed E-state index contributed by atoms with van der Waals surface area (Å²) >= 11 is 0. The fourth-order valence-electron chi connectivity index (χ4n) is 5.94. The Morgan fingerprint density at radius 1 is 0.943 bits per heavy atom. The second-order valence-electron chi connectivity index (χ2n) is 10.8. The lowest BCUT2D eigenvalue weighted by molar-refractivity contribution is 0.0877. The number of anilines is 1. The maximum absolute atomic E-state index is 4.89. The molecule has 0 saturated carbocycles. The molecule has 0 aliphatic carbocycles. The van der Waals surface area contributed by atoms with Crippen LogP contribution in [-0.4, -0.2) is 70.1 Å². The number of aromatic nitrogens is 3. The Morgan fingerprint density at radius 2 is 1.66 bits per heavy atom. The number of nitrogens with zero attached hydrogens (tertiary/aromatic N) is 5. The molecule has 0 spiro atoms. The molecule has 0 atom stereocenters. The Balaban J connectivity index is 1.15. The first-order valence-electron chi connectivity index (χ1n) is 13.6. The molecular formula is C29H42N6.